The minimum absolute atomic E-state index is 0.0123. The molecule has 3 aromatic rings. The fourth-order valence-corrected chi connectivity index (χ4v) is 3.42. The van der Waals surface area contributed by atoms with Crippen LogP contribution in [-0.4, -0.2) is 38.5 Å². The summed E-state index contributed by atoms with van der Waals surface area (Å²) < 4.78 is 46.1. The molecule has 8 nitrogen and oxygen atoms in total. The third kappa shape index (κ3) is 5.40. The van der Waals surface area contributed by atoms with Crippen LogP contribution in [0.3, 0.4) is 0 Å². The Bertz CT molecular complexity index is 1160. The first-order chi connectivity index (χ1) is 15.2. The molecule has 0 aliphatic heterocycles. The molecule has 1 aliphatic carbocycles. The first-order valence-electron chi connectivity index (χ1n) is 9.64. The summed E-state index contributed by atoms with van der Waals surface area (Å²) in [6.45, 7) is 3.80. The zero-order chi connectivity index (χ0) is 22.9. The number of hydrogen-bond acceptors (Lipinski definition) is 7. The predicted molar refractivity (Wildman–Crippen MR) is 107 cm³/mol. The van der Waals surface area contributed by atoms with Gasteiger partial charge < -0.3 is 9.73 Å². The molecule has 1 aromatic carbocycles. The van der Waals surface area contributed by atoms with Crippen LogP contribution in [0, 0.1) is 0 Å². The number of aromatic nitrogens is 4. The lowest BCUT2D eigenvalue weighted by Crippen LogP contribution is -2.34. The monoisotopic (exact) mass is 467 g/mol. The Morgan fingerprint density at radius 3 is 2.84 bits per heavy atom. The SMILES string of the molecule is C=C(CCc1nnc([C@H]2C[C@@H](OC(F)(F)F)C2)o1)NC(=O)c1ncc2cc(Cl)ccc2n1. The van der Waals surface area contributed by atoms with Gasteiger partial charge in [0, 0.05) is 34.6 Å². The summed E-state index contributed by atoms with van der Waals surface area (Å²) in [7, 11) is 0. The number of ether oxygens (including phenoxy) is 1. The summed E-state index contributed by atoms with van der Waals surface area (Å²) in [5, 5.41) is 11.7. The fraction of sp³-hybridized carbons (Fsp3) is 0.350. The summed E-state index contributed by atoms with van der Waals surface area (Å²) >= 11 is 5.92. The second-order valence-corrected chi connectivity index (χ2v) is 7.78. The number of alkyl halides is 3. The van der Waals surface area contributed by atoms with Crippen LogP contribution in [0.25, 0.3) is 10.9 Å². The van der Waals surface area contributed by atoms with Crippen LogP contribution in [0.5, 0.6) is 0 Å². The quantitative estimate of drug-likeness (QED) is 0.551. The molecule has 0 spiro atoms. The summed E-state index contributed by atoms with van der Waals surface area (Å²) in [4.78, 5) is 20.6. The van der Waals surface area contributed by atoms with Crippen LogP contribution < -0.4 is 5.32 Å². The van der Waals surface area contributed by atoms with Crippen molar-refractivity contribution in [2.24, 2.45) is 0 Å². The van der Waals surface area contributed by atoms with Crippen molar-refractivity contribution >= 4 is 28.4 Å². The molecule has 1 fully saturated rings. The fourth-order valence-electron chi connectivity index (χ4n) is 3.24. The topological polar surface area (TPSA) is 103 Å². The molecule has 0 bridgehead atoms. The van der Waals surface area contributed by atoms with Gasteiger partial charge in [0.15, 0.2) is 0 Å². The lowest BCUT2D eigenvalue weighted by molar-refractivity contribution is -0.352. The molecule has 0 saturated heterocycles. The van der Waals surface area contributed by atoms with Gasteiger partial charge in [-0.1, -0.05) is 18.2 Å². The van der Waals surface area contributed by atoms with E-state index in [2.05, 4.69) is 36.8 Å². The van der Waals surface area contributed by atoms with E-state index < -0.39 is 18.4 Å². The summed E-state index contributed by atoms with van der Waals surface area (Å²) in [5.41, 5.74) is 0.981. The zero-order valence-electron chi connectivity index (χ0n) is 16.5. The van der Waals surface area contributed by atoms with Crippen LogP contribution >= 0.6 is 11.6 Å². The average molecular weight is 468 g/mol. The molecule has 0 atom stereocenters. The number of nitrogens with one attached hydrogen (secondary N) is 1. The van der Waals surface area contributed by atoms with E-state index in [1.807, 2.05) is 0 Å². The number of allylic oxidation sites excluding steroid dienone is 1. The largest absolute Gasteiger partial charge is 0.522 e. The third-order valence-electron chi connectivity index (χ3n) is 4.90. The van der Waals surface area contributed by atoms with E-state index in [1.54, 1.807) is 18.2 Å². The number of benzene rings is 1. The Labute approximate surface area is 184 Å². The van der Waals surface area contributed by atoms with Gasteiger partial charge in [0.2, 0.25) is 17.6 Å². The van der Waals surface area contributed by atoms with Gasteiger partial charge in [-0.25, -0.2) is 9.97 Å². The maximum Gasteiger partial charge on any atom is 0.522 e. The number of fused-ring (bicyclic) bond motifs is 1. The molecule has 0 unspecified atom stereocenters. The number of rotatable bonds is 7. The van der Waals surface area contributed by atoms with Crippen molar-refractivity contribution in [3.8, 4) is 0 Å². The number of nitrogens with zero attached hydrogens (tertiary/aromatic N) is 4. The maximum atomic E-state index is 12.4. The van der Waals surface area contributed by atoms with Crippen LogP contribution in [0.15, 0.2) is 41.1 Å². The number of carbonyl (C=O) groups is 1. The highest BCUT2D eigenvalue weighted by molar-refractivity contribution is 6.31. The molecule has 0 radical (unpaired) electrons. The van der Waals surface area contributed by atoms with Crippen molar-refractivity contribution in [3.05, 3.63) is 59.3 Å². The summed E-state index contributed by atoms with van der Waals surface area (Å²) in [6.07, 6.45) is -3.06. The Morgan fingerprint density at radius 2 is 2.09 bits per heavy atom. The average Bonchev–Trinajstić information content (AvgIpc) is 3.16. The molecule has 32 heavy (non-hydrogen) atoms. The van der Waals surface area contributed by atoms with Gasteiger partial charge in [-0.15, -0.1) is 23.4 Å². The van der Waals surface area contributed by atoms with Crippen molar-refractivity contribution in [1.82, 2.24) is 25.5 Å². The second-order valence-electron chi connectivity index (χ2n) is 7.34. The molecule has 1 aliphatic rings. The Kier molecular flexibility index (Phi) is 6.11. The molecule has 1 saturated carbocycles. The van der Waals surface area contributed by atoms with Crippen molar-refractivity contribution in [2.75, 3.05) is 0 Å². The normalized spacial score (nSPS) is 18.4. The van der Waals surface area contributed by atoms with Gasteiger partial charge >= 0.3 is 6.36 Å². The highest BCUT2D eigenvalue weighted by atomic mass is 35.5. The van der Waals surface area contributed by atoms with Gasteiger partial charge in [0.1, 0.15) is 0 Å². The van der Waals surface area contributed by atoms with E-state index in [9.17, 15) is 18.0 Å². The zero-order valence-corrected chi connectivity index (χ0v) is 17.3. The maximum absolute atomic E-state index is 12.4. The lowest BCUT2D eigenvalue weighted by Gasteiger charge is -2.32. The molecule has 1 N–H and O–H groups in total. The standard InChI is InChI=1S/C20H17ClF3N5O3/c1-10(26-18(30)17-25-9-12-6-13(21)3-4-15(12)27-17)2-5-16-28-29-19(31-16)11-7-14(8-11)32-20(22,23)24/h3-4,6,9,11,14H,1-2,5,7-8H2,(H,26,30)/t11-,14+. The van der Waals surface area contributed by atoms with Crippen LogP contribution in [0.4, 0.5) is 13.2 Å². The number of carbonyl (C=O) groups excluding carboxylic acids is 1. The van der Waals surface area contributed by atoms with Crippen LogP contribution in [-0.2, 0) is 11.2 Å². The van der Waals surface area contributed by atoms with E-state index >= 15 is 0 Å². The molecule has 168 valence electrons. The number of amides is 1. The number of halogens is 4. The van der Waals surface area contributed by atoms with Gasteiger partial charge in [0.05, 0.1) is 11.6 Å². The van der Waals surface area contributed by atoms with Crippen molar-refractivity contribution in [2.45, 2.75) is 44.1 Å². The molecular formula is C20H17ClF3N5O3. The smallest absolute Gasteiger partial charge is 0.425 e. The van der Waals surface area contributed by atoms with Gasteiger partial charge in [-0.2, -0.15) is 0 Å². The summed E-state index contributed by atoms with van der Waals surface area (Å²) in [5.74, 6) is -0.202. The molecular weight excluding hydrogens is 451 g/mol. The predicted octanol–water partition coefficient (Wildman–Crippen LogP) is 4.32. The van der Waals surface area contributed by atoms with Crippen LogP contribution in [0.1, 0.15) is 47.6 Å². The van der Waals surface area contributed by atoms with E-state index in [0.29, 0.717) is 40.4 Å². The van der Waals surface area contributed by atoms with Gasteiger partial charge in [-0.3, -0.25) is 9.53 Å². The van der Waals surface area contributed by atoms with E-state index in [4.69, 9.17) is 16.0 Å². The van der Waals surface area contributed by atoms with Gasteiger partial charge in [-0.05, 0) is 37.5 Å². The molecule has 4 rings (SSSR count). The molecule has 12 heteroatoms. The molecule has 1 amide bonds. The number of aryl methyl sites for hydroxylation is 1. The lowest BCUT2D eigenvalue weighted by atomic mass is 9.82. The Hall–Kier alpha value is -3.05. The first-order valence-corrected chi connectivity index (χ1v) is 10.0. The minimum Gasteiger partial charge on any atom is -0.425 e. The van der Waals surface area contributed by atoms with Crippen LogP contribution in [0.2, 0.25) is 5.02 Å². The third-order valence-corrected chi connectivity index (χ3v) is 5.14. The van der Waals surface area contributed by atoms with E-state index in [-0.39, 0.29) is 30.5 Å². The van der Waals surface area contributed by atoms with Gasteiger partial charge in [0.25, 0.3) is 5.91 Å². The van der Waals surface area contributed by atoms with E-state index in [0.717, 1.165) is 0 Å². The highest BCUT2D eigenvalue weighted by Crippen LogP contribution is 2.40. The Morgan fingerprint density at radius 1 is 1.31 bits per heavy atom. The molecule has 2 aromatic heterocycles. The number of hydrogen-bond donors (Lipinski definition) is 1. The van der Waals surface area contributed by atoms with Crippen molar-refractivity contribution in [3.63, 3.8) is 0 Å². The minimum atomic E-state index is -4.65. The first kappa shape index (κ1) is 22.2. The highest BCUT2D eigenvalue weighted by Gasteiger charge is 2.42. The van der Waals surface area contributed by atoms with Crippen molar-refractivity contribution in [1.29, 1.82) is 0 Å². The van der Waals surface area contributed by atoms with E-state index in [1.165, 1.54) is 6.20 Å². The second kappa shape index (κ2) is 8.83. The Balaban J connectivity index is 1.26. The van der Waals surface area contributed by atoms with Crippen molar-refractivity contribution < 1.29 is 27.1 Å². The molecule has 2 heterocycles. The summed E-state index contributed by atoms with van der Waals surface area (Å²) in [6, 6.07) is 5.06.